The lowest BCUT2D eigenvalue weighted by atomic mass is 10.1. The van der Waals surface area contributed by atoms with Crippen molar-refractivity contribution >= 4 is 32.4 Å². The minimum atomic E-state index is -3.70. The van der Waals surface area contributed by atoms with Crippen LogP contribution in [0.25, 0.3) is 10.8 Å². The molecule has 0 spiro atoms. The van der Waals surface area contributed by atoms with Crippen molar-refractivity contribution in [2.45, 2.75) is 25.2 Å². The predicted molar refractivity (Wildman–Crippen MR) is 102 cm³/mol. The number of carbonyl (C=O) groups is 1. The van der Waals surface area contributed by atoms with Gasteiger partial charge in [0.05, 0.1) is 17.2 Å². The molecule has 0 unspecified atom stereocenters. The van der Waals surface area contributed by atoms with Crippen LogP contribution in [0.5, 0.6) is 0 Å². The van der Waals surface area contributed by atoms with Gasteiger partial charge in [-0.05, 0) is 29.9 Å². The second-order valence-electron chi connectivity index (χ2n) is 6.79. The molecule has 1 heterocycles. The number of anilines is 1. The van der Waals surface area contributed by atoms with E-state index in [1.54, 1.807) is 24.3 Å². The van der Waals surface area contributed by atoms with Crippen LogP contribution in [0.15, 0.2) is 41.3 Å². The fourth-order valence-electron chi connectivity index (χ4n) is 3.00. The summed E-state index contributed by atoms with van der Waals surface area (Å²) in [4.78, 5) is 12.5. The molecule has 0 bridgehead atoms. The number of hydrogen-bond acceptors (Lipinski definition) is 4. The summed E-state index contributed by atoms with van der Waals surface area (Å²) in [5.74, 6) is 0.236. The van der Waals surface area contributed by atoms with Crippen molar-refractivity contribution in [3.05, 3.63) is 36.4 Å². The summed E-state index contributed by atoms with van der Waals surface area (Å²) in [7, 11) is -3.70. The number of nitrogens with one attached hydrogen (secondary N) is 1. The lowest BCUT2D eigenvalue weighted by Gasteiger charge is -2.18. The molecule has 140 valence electrons. The molecule has 0 atom stereocenters. The number of hydrogen-bond donors (Lipinski definition) is 1. The molecular formula is C19H24N2O4S. The third-order valence-corrected chi connectivity index (χ3v) is 6.18. The molecule has 0 aromatic heterocycles. The van der Waals surface area contributed by atoms with Crippen molar-refractivity contribution in [2.75, 3.05) is 30.6 Å². The normalized spacial score (nSPS) is 15.0. The molecule has 2 aromatic rings. The van der Waals surface area contributed by atoms with E-state index in [1.807, 2.05) is 12.1 Å². The minimum absolute atomic E-state index is 0.234. The fraction of sp³-hybridized carbons (Fsp3) is 0.421. The second-order valence-corrected chi connectivity index (χ2v) is 8.62. The first kappa shape index (κ1) is 18.7. The maximum Gasteiger partial charge on any atom is 0.265 e. The Hall–Kier alpha value is -2.12. The van der Waals surface area contributed by atoms with Crippen LogP contribution < -0.4 is 9.62 Å². The van der Waals surface area contributed by atoms with E-state index in [9.17, 15) is 13.2 Å². The van der Waals surface area contributed by atoms with Gasteiger partial charge in [-0.25, -0.2) is 8.42 Å². The molecule has 0 aliphatic carbocycles. The number of rotatable bonds is 8. The summed E-state index contributed by atoms with van der Waals surface area (Å²) in [6.07, 6.45) is 0.974. The molecule has 3 rings (SSSR count). The summed E-state index contributed by atoms with van der Waals surface area (Å²) in [6, 6.07) is 10.6. The first-order valence-electron chi connectivity index (χ1n) is 8.80. The molecule has 1 N–H and O–H groups in total. The molecule has 7 heteroatoms. The first-order chi connectivity index (χ1) is 12.4. The highest BCUT2D eigenvalue weighted by Crippen LogP contribution is 2.41. The zero-order chi connectivity index (χ0) is 18.7. The topological polar surface area (TPSA) is 75.7 Å². The van der Waals surface area contributed by atoms with E-state index in [4.69, 9.17) is 4.74 Å². The third-order valence-electron chi connectivity index (χ3n) is 4.38. The van der Waals surface area contributed by atoms with E-state index < -0.39 is 10.0 Å². The van der Waals surface area contributed by atoms with Crippen LogP contribution in [0.1, 0.15) is 20.3 Å². The summed E-state index contributed by atoms with van der Waals surface area (Å²) < 4.78 is 32.2. The standard InChI is InChI=1S/C19H24N2O4S/c1-14(2)9-11-25-12-10-20-18(22)13-21-16-7-3-5-15-6-4-8-17(19(15)16)26(21,23)24/h3-8,14H,9-13H2,1-2H3,(H,20,22). The Labute approximate surface area is 154 Å². The Bertz CT molecular complexity index is 904. The third kappa shape index (κ3) is 3.68. The van der Waals surface area contributed by atoms with Crippen LogP contribution in [0.3, 0.4) is 0 Å². The molecule has 26 heavy (non-hydrogen) atoms. The highest BCUT2D eigenvalue weighted by Gasteiger charge is 2.36. The molecule has 0 radical (unpaired) electrons. The van der Waals surface area contributed by atoms with Gasteiger partial charge in [0.15, 0.2) is 0 Å². The summed E-state index contributed by atoms with van der Waals surface area (Å²) in [5, 5.41) is 4.26. The van der Waals surface area contributed by atoms with Gasteiger partial charge in [0, 0.05) is 18.5 Å². The van der Waals surface area contributed by atoms with Gasteiger partial charge in [-0.1, -0.05) is 38.1 Å². The van der Waals surface area contributed by atoms with E-state index in [0.29, 0.717) is 36.8 Å². The molecule has 2 aromatic carbocycles. The highest BCUT2D eigenvalue weighted by molar-refractivity contribution is 7.93. The highest BCUT2D eigenvalue weighted by atomic mass is 32.2. The largest absolute Gasteiger partial charge is 0.380 e. The van der Waals surface area contributed by atoms with Crippen LogP contribution in [-0.2, 0) is 19.6 Å². The zero-order valence-electron chi connectivity index (χ0n) is 15.1. The molecule has 0 saturated heterocycles. The van der Waals surface area contributed by atoms with Gasteiger partial charge in [-0.15, -0.1) is 0 Å². The molecule has 1 aliphatic heterocycles. The van der Waals surface area contributed by atoms with Crippen LogP contribution >= 0.6 is 0 Å². The lowest BCUT2D eigenvalue weighted by Crippen LogP contribution is -2.40. The Morgan fingerprint density at radius 3 is 2.62 bits per heavy atom. The van der Waals surface area contributed by atoms with Crippen molar-refractivity contribution in [1.82, 2.24) is 5.32 Å². The van der Waals surface area contributed by atoms with Crippen LogP contribution in [0.4, 0.5) is 5.69 Å². The number of sulfonamides is 1. The van der Waals surface area contributed by atoms with Gasteiger partial charge in [0.25, 0.3) is 10.0 Å². The van der Waals surface area contributed by atoms with E-state index in [0.717, 1.165) is 11.8 Å². The van der Waals surface area contributed by atoms with E-state index in [1.165, 1.54) is 4.31 Å². The molecule has 6 nitrogen and oxygen atoms in total. The monoisotopic (exact) mass is 376 g/mol. The zero-order valence-corrected chi connectivity index (χ0v) is 15.9. The van der Waals surface area contributed by atoms with Gasteiger partial charge in [-0.3, -0.25) is 9.10 Å². The molecule has 0 fully saturated rings. The number of ether oxygens (including phenoxy) is 1. The number of benzene rings is 2. The molecule has 0 saturated carbocycles. The maximum absolute atomic E-state index is 12.8. The van der Waals surface area contributed by atoms with E-state index >= 15 is 0 Å². The second kappa shape index (κ2) is 7.63. The predicted octanol–water partition coefficient (Wildman–Crippen LogP) is 2.53. The lowest BCUT2D eigenvalue weighted by molar-refractivity contribution is -0.119. The van der Waals surface area contributed by atoms with Crippen molar-refractivity contribution in [3.8, 4) is 0 Å². The quantitative estimate of drug-likeness (QED) is 0.719. The Morgan fingerprint density at radius 1 is 1.15 bits per heavy atom. The van der Waals surface area contributed by atoms with E-state index in [-0.39, 0.29) is 17.3 Å². The Kier molecular flexibility index (Phi) is 5.48. The first-order valence-corrected chi connectivity index (χ1v) is 10.2. The number of amides is 1. The van der Waals surface area contributed by atoms with Crippen LogP contribution in [0, 0.1) is 5.92 Å². The van der Waals surface area contributed by atoms with Gasteiger partial charge >= 0.3 is 0 Å². The van der Waals surface area contributed by atoms with Crippen molar-refractivity contribution in [1.29, 1.82) is 0 Å². The van der Waals surface area contributed by atoms with Gasteiger partial charge in [0.2, 0.25) is 5.91 Å². The fourth-order valence-corrected chi connectivity index (χ4v) is 4.67. The van der Waals surface area contributed by atoms with Crippen LogP contribution in [-0.4, -0.2) is 40.6 Å². The summed E-state index contributed by atoms with van der Waals surface area (Å²) in [6.45, 7) is 5.46. The number of carbonyl (C=O) groups excluding carboxylic acids is 1. The van der Waals surface area contributed by atoms with E-state index in [2.05, 4.69) is 19.2 Å². The van der Waals surface area contributed by atoms with Crippen LogP contribution in [0.2, 0.25) is 0 Å². The SMILES string of the molecule is CC(C)CCOCCNC(=O)CN1c2cccc3cccc(c23)S1(=O)=O. The summed E-state index contributed by atoms with van der Waals surface area (Å²) >= 11 is 0. The average molecular weight is 376 g/mol. The Morgan fingerprint density at radius 2 is 1.88 bits per heavy atom. The molecular weight excluding hydrogens is 352 g/mol. The Balaban J connectivity index is 1.62. The average Bonchev–Trinajstić information content (AvgIpc) is 2.81. The molecule has 1 amide bonds. The van der Waals surface area contributed by atoms with Gasteiger partial charge in [0.1, 0.15) is 6.54 Å². The number of nitrogens with zero attached hydrogens (tertiary/aromatic N) is 1. The van der Waals surface area contributed by atoms with Gasteiger partial charge < -0.3 is 10.1 Å². The smallest absolute Gasteiger partial charge is 0.265 e. The van der Waals surface area contributed by atoms with Crippen molar-refractivity contribution in [3.63, 3.8) is 0 Å². The minimum Gasteiger partial charge on any atom is -0.380 e. The summed E-state index contributed by atoms with van der Waals surface area (Å²) in [5.41, 5.74) is 0.557. The van der Waals surface area contributed by atoms with Gasteiger partial charge in [-0.2, -0.15) is 0 Å². The van der Waals surface area contributed by atoms with Crippen molar-refractivity contribution in [2.24, 2.45) is 5.92 Å². The maximum atomic E-state index is 12.8. The van der Waals surface area contributed by atoms with Crippen molar-refractivity contribution < 1.29 is 17.9 Å². The molecule has 1 aliphatic rings.